The fraction of sp³-hybridized carbons (Fsp3) is 0.333. The lowest BCUT2D eigenvalue weighted by Gasteiger charge is -2.23. The van der Waals surface area contributed by atoms with Crippen LogP contribution in [0.25, 0.3) is 11.1 Å². The van der Waals surface area contributed by atoms with E-state index < -0.39 is 47.3 Å². The van der Waals surface area contributed by atoms with Gasteiger partial charge >= 0.3 is 18.3 Å². The summed E-state index contributed by atoms with van der Waals surface area (Å²) in [6.45, 7) is 2.58. The molecular formula is C21H19F6NO3. The van der Waals surface area contributed by atoms with Crippen LogP contribution in [0.4, 0.5) is 26.3 Å². The minimum atomic E-state index is -4.83. The van der Waals surface area contributed by atoms with Crippen molar-refractivity contribution < 1.29 is 41.0 Å². The molecule has 0 aliphatic carbocycles. The molecular weight excluding hydrogens is 428 g/mol. The second kappa shape index (κ2) is 8.99. The summed E-state index contributed by atoms with van der Waals surface area (Å²) in [6, 6.07) is 5.02. The van der Waals surface area contributed by atoms with E-state index in [0.29, 0.717) is 18.2 Å². The monoisotopic (exact) mass is 447 g/mol. The molecule has 0 aliphatic rings. The normalized spacial score (nSPS) is 12.0. The number of carbonyl (C=O) groups is 2. The lowest BCUT2D eigenvalue weighted by atomic mass is 9.91. The number of aliphatic carboxylic acids is 1. The maximum absolute atomic E-state index is 13.6. The Labute approximate surface area is 174 Å². The Morgan fingerprint density at radius 3 is 2.06 bits per heavy atom. The first kappa shape index (κ1) is 24.2. The summed E-state index contributed by atoms with van der Waals surface area (Å²) < 4.78 is 80.6. The average Bonchev–Trinajstić information content (AvgIpc) is 2.63. The zero-order valence-corrected chi connectivity index (χ0v) is 16.6. The highest BCUT2D eigenvalue weighted by Gasteiger charge is 2.36. The van der Waals surface area contributed by atoms with Gasteiger partial charge in [0.15, 0.2) is 0 Å². The van der Waals surface area contributed by atoms with Crippen molar-refractivity contribution in [2.75, 3.05) is 6.54 Å². The minimum Gasteiger partial charge on any atom is -0.481 e. The molecule has 0 fully saturated rings. The minimum absolute atomic E-state index is 0.0558. The molecule has 168 valence electrons. The summed E-state index contributed by atoms with van der Waals surface area (Å²) in [7, 11) is 0. The summed E-state index contributed by atoms with van der Waals surface area (Å²) in [5.41, 5.74) is -2.87. The van der Waals surface area contributed by atoms with Crippen LogP contribution in [0, 0.1) is 0 Å². The fourth-order valence-electron chi connectivity index (χ4n) is 3.16. The van der Waals surface area contributed by atoms with Gasteiger partial charge in [0.2, 0.25) is 5.91 Å². The van der Waals surface area contributed by atoms with Gasteiger partial charge in [-0.2, -0.15) is 26.3 Å². The summed E-state index contributed by atoms with van der Waals surface area (Å²) in [5, 5.41) is 8.96. The highest BCUT2D eigenvalue weighted by atomic mass is 19.4. The van der Waals surface area contributed by atoms with Crippen molar-refractivity contribution >= 4 is 11.9 Å². The molecule has 4 nitrogen and oxygen atoms in total. The number of hydrogen-bond acceptors (Lipinski definition) is 2. The van der Waals surface area contributed by atoms with Gasteiger partial charge in [-0.15, -0.1) is 0 Å². The third kappa shape index (κ3) is 5.99. The Bertz CT molecular complexity index is 982. The van der Waals surface area contributed by atoms with E-state index in [1.807, 2.05) is 0 Å². The van der Waals surface area contributed by atoms with Crippen molar-refractivity contribution in [1.82, 2.24) is 4.90 Å². The van der Waals surface area contributed by atoms with Crippen LogP contribution in [0.3, 0.4) is 0 Å². The molecule has 10 heteroatoms. The summed E-state index contributed by atoms with van der Waals surface area (Å²) in [6.07, 6.45) is -10.1. The first-order valence-electron chi connectivity index (χ1n) is 9.12. The van der Waals surface area contributed by atoms with E-state index >= 15 is 0 Å². The molecule has 0 heterocycles. The predicted molar refractivity (Wildman–Crippen MR) is 100.0 cm³/mol. The Morgan fingerprint density at radius 1 is 0.935 bits per heavy atom. The van der Waals surface area contributed by atoms with Crippen LogP contribution in [0.2, 0.25) is 0 Å². The fourth-order valence-corrected chi connectivity index (χ4v) is 3.16. The van der Waals surface area contributed by atoms with Crippen LogP contribution < -0.4 is 0 Å². The highest BCUT2D eigenvalue weighted by molar-refractivity contribution is 5.77. The van der Waals surface area contributed by atoms with E-state index in [4.69, 9.17) is 5.11 Å². The summed E-state index contributed by atoms with van der Waals surface area (Å²) in [4.78, 5) is 23.9. The zero-order chi connectivity index (χ0) is 23.6. The second-order valence-corrected chi connectivity index (χ2v) is 6.85. The smallest absolute Gasteiger partial charge is 0.417 e. The van der Waals surface area contributed by atoms with Gasteiger partial charge in [0, 0.05) is 20.0 Å². The van der Waals surface area contributed by atoms with Gasteiger partial charge in [0.25, 0.3) is 0 Å². The van der Waals surface area contributed by atoms with Crippen LogP contribution in [0.5, 0.6) is 0 Å². The summed E-state index contributed by atoms with van der Waals surface area (Å²) in [5.74, 6) is -1.73. The number of alkyl halides is 6. The Morgan fingerprint density at radius 2 is 1.58 bits per heavy atom. The number of benzene rings is 2. The zero-order valence-electron chi connectivity index (χ0n) is 16.6. The molecule has 0 aromatic heterocycles. The van der Waals surface area contributed by atoms with Gasteiger partial charge in [0.1, 0.15) is 0 Å². The number of hydrogen-bond donors (Lipinski definition) is 1. The van der Waals surface area contributed by atoms with E-state index in [9.17, 15) is 35.9 Å². The molecule has 0 saturated carbocycles. The Kier molecular flexibility index (Phi) is 7.03. The molecule has 31 heavy (non-hydrogen) atoms. The third-order valence-corrected chi connectivity index (χ3v) is 4.66. The number of carboxylic acid groups (broad SMARTS) is 1. The molecule has 0 spiro atoms. The summed E-state index contributed by atoms with van der Waals surface area (Å²) >= 11 is 0. The molecule has 2 aromatic rings. The number of rotatable bonds is 6. The van der Waals surface area contributed by atoms with Crippen molar-refractivity contribution in [2.45, 2.75) is 39.2 Å². The molecule has 0 aliphatic heterocycles. The molecule has 0 saturated heterocycles. The maximum Gasteiger partial charge on any atom is 0.417 e. The molecule has 2 aromatic carbocycles. The van der Waals surface area contributed by atoms with Crippen molar-refractivity contribution in [2.24, 2.45) is 0 Å². The second-order valence-electron chi connectivity index (χ2n) is 6.85. The van der Waals surface area contributed by atoms with Gasteiger partial charge in [-0.3, -0.25) is 9.59 Å². The van der Waals surface area contributed by atoms with Crippen molar-refractivity contribution in [3.05, 3.63) is 58.7 Å². The highest BCUT2D eigenvalue weighted by Crippen LogP contribution is 2.41. The van der Waals surface area contributed by atoms with E-state index in [1.54, 1.807) is 6.92 Å². The number of amides is 1. The molecule has 0 radical (unpaired) electrons. The van der Waals surface area contributed by atoms with Gasteiger partial charge in [0.05, 0.1) is 17.5 Å². The first-order valence-corrected chi connectivity index (χ1v) is 9.12. The topological polar surface area (TPSA) is 57.6 Å². The van der Waals surface area contributed by atoms with Crippen LogP contribution in [0.15, 0.2) is 36.4 Å². The van der Waals surface area contributed by atoms with E-state index in [1.165, 1.54) is 11.8 Å². The Hall–Kier alpha value is -3.04. The SMILES string of the molecule is CCN(Cc1cc(C(F)(F)F)ccc1-c1cc(CC(=O)O)ccc1C(F)(F)F)C(C)=O. The van der Waals surface area contributed by atoms with Crippen LogP contribution in [0.1, 0.15) is 36.1 Å². The molecule has 0 bridgehead atoms. The number of carboxylic acids is 1. The Balaban J connectivity index is 2.78. The number of halogens is 6. The van der Waals surface area contributed by atoms with Crippen molar-refractivity contribution in [1.29, 1.82) is 0 Å². The first-order chi connectivity index (χ1) is 14.2. The standard InChI is InChI=1S/C21H19F6NO3/c1-3-28(12(2)29)11-14-10-15(20(22,23)24)5-6-16(14)17-8-13(9-19(30)31)4-7-18(17)21(25,26)27/h4-8,10H,3,9,11H2,1-2H3,(H,30,31). The van der Waals surface area contributed by atoms with Gasteiger partial charge < -0.3 is 10.0 Å². The maximum atomic E-state index is 13.6. The average molecular weight is 447 g/mol. The van der Waals surface area contributed by atoms with Gasteiger partial charge in [-0.05, 0) is 53.4 Å². The van der Waals surface area contributed by atoms with Crippen molar-refractivity contribution in [3.63, 3.8) is 0 Å². The van der Waals surface area contributed by atoms with Gasteiger partial charge in [-0.1, -0.05) is 12.1 Å². The number of carbonyl (C=O) groups excluding carboxylic acids is 1. The van der Waals surface area contributed by atoms with Crippen molar-refractivity contribution in [3.8, 4) is 11.1 Å². The third-order valence-electron chi connectivity index (χ3n) is 4.66. The van der Waals surface area contributed by atoms with Crippen LogP contribution in [-0.4, -0.2) is 28.4 Å². The van der Waals surface area contributed by atoms with Crippen LogP contribution >= 0.6 is 0 Å². The molecule has 0 unspecified atom stereocenters. The number of nitrogens with zero attached hydrogens (tertiary/aromatic N) is 1. The lowest BCUT2D eigenvalue weighted by molar-refractivity contribution is -0.138. The lowest BCUT2D eigenvalue weighted by Crippen LogP contribution is -2.28. The molecule has 0 atom stereocenters. The van der Waals surface area contributed by atoms with E-state index in [2.05, 4.69) is 0 Å². The van der Waals surface area contributed by atoms with Gasteiger partial charge in [-0.25, -0.2) is 0 Å². The predicted octanol–water partition coefficient (Wildman–Crippen LogP) is 5.39. The van der Waals surface area contributed by atoms with E-state index in [-0.39, 0.29) is 29.8 Å². The quantitative estimate of drug-likeness (QED) is 0.605. The van der Waals surface area contributed by atoms with E-state index in [0.717, 1.165) is 18.2 Å². The largest absolute Gasteiger partial charge is 0.481 e. The van der Waals surface area contributed by atoms with Crippen LogP contribution in [-0.2, 0) is 34.9 Å². The molecule has 1 N–H and O–H groups in total. The molecule has 2 rings (SSSR count). The molecule has 1 amide bonds.